The number of aromatic nitrogens is 4. The Bertz CT molecular complexity index is 1470. The fraction of sp³-hybridized carbons (Fsp3) is 0.231. The first-order valence-corrected chi connectivity index (χ1v) is 12.0. The summed E-state index contributed by atoms with van der Waals surface area (Å²) >= 11 is 1.69. The van der Waals surface area contributed by atoms with E-state index in [4.69, 9.17) is 9.97 Å². The van der Waals surface area contributed by atoms with Crippen molar-refractivity contribution in [3.63, 3.8) is 0 Å². The Kier molecular flexibility index (Phi) is 4.73. The fourth-order valence-corrected chi connectivity index (χ4v) is 5.94. The van der Waals surface area contributed by atoms with Gasteiger partial charge in [-0.1, -0.05) is 42.5 Å². The zero-order valence-corrected chi connectivity index (χ0v) is 19.3. The number of hydrogen-bond acceptors (Lipinski definition) is 5. The number of nitrogens with zero attached hydrogens (tertiary/aromatic N) is 5. The molecule has 0 saturated carbocycles. The van der Waals surface area contributed by atoms with Crippen molar-refractivity contribution in [3.8, 4) is 11.3 Å². The van der Waals surface area contributed by atoms with Crippen molar-refractivity contribution < 1.29 is 4.79 Å². The number of thiazole rings is 1. The molecule has 1 aliphatic rings. The zero-order valence-electron chi connectivity index (χ0n) is 18.5. The lowest BCUT2D eigenvalue weighted by atomic mass is 10.0. The van der Waals surface area contributed by atoms with Crippen LogP contribution in [-0.4, -0.2) is 37.1 Å². The minimum Gasteiger partial charge on any atom is -0.329 e. The van der Waals surface area contributed by atoms with E-state index in [-0.39, 0.29) is 11.9 Å². The Morgan fingerprint density at radius 1 is 1.06 bits per heavy atom. The molecule has 164 valence electrons. The Morgan fingerprint density at radius 3 is 2.67 bits per heavy atom. The summed E-state index contributed by atoms with van der Waals surface area (Å²) in [5.74, 6) is 0.0254. The lowest BCUT2D eigenvalue weighted by Gasteiger charge is -2.24. The predicted octanol–water partition coefficient (Wildman–Crippen LogP) is 5.53. The third-order valence-electron chi connectivity index (χ3n) is 6.38. The smallest absolute Gasteiger partial charge is 0.255 e. The van der Waals surface area contributed by atoms with Gasteiger partial charge in [0, 0.05) is 19.2 Å². The van der Waals surface area contributed by atoms with Gasteiger partial charge < -0.3 is 4.90 Å². The molecule has 1 amide bonds. The fourth-order valence-electron chi connectivity index (χ4n) is 4.82. The molecule has 2 aromatic carbocycles. The van der Waals surface area contributed by atoms with Crippen LogP contribution in [0, 0.1) is 6.92 Å². The summed E-state index contributed by atoms with van der Waals surface area (Å²) in [5, 5.41) is 6.42. The number of hydrogen-bond donors (Lipinski definition) is 0. The highest BCUT2D eigenvalue weighted by Crippen LogP contribution is 2.38. The van der Waals surface area contributed by atoms with Crippen LogP contribution in [0.3, 0.4) is 0 Å². The molecule has 0 radical (unpaired) electrons. The van der Waals surface area contributed by atoms with Crippen molar-refractivity contribution in [2.24, 2.45) is 7.05 Å². The van der Waals surface area contributed by atoms with Crippen LogP contribution >= 0.6 is 11.3 Å². The Balaban J connectivity index is 1.47. The van der Waals surface area contributed by atoms with Gasteiger partial charge in [-0.15, -0.1) is 11.3 Å². The molecule has 0 aliphatic carbocycles. The summed E-state index contributed by atoms with van der Waals surface area (Å²) in [6, 6.07) is 20.1. The monoisotopic (exact) mass is 453 g/mol. The van der Waals surface area contributed by atoms with Gasteiger partial charge in [-0.25, -0.2) is 9.97 Å². The maximum absolute atomic E-state index is 14.0. The Hall–Kier alpha value is -3.58. The van der Waals surface area contributed by atoms with Crippen LogP contribution in [0.2, 0.25) is 0 Å². The number of para-hydroxylation sites is 1. The van der Waals surface area contributed by atoms with Crippen LogP contribution in [0.4, 0.5) is 0 Å². The lowest BCUT2D eigenvalue weighted by molar-refractivity contribution is 0.0737. The van der Waals surface area contributed by atoms with E-state index in [0.29, 0.717) is 5.56 Å². The van der Waals surface area contributed by atoms with Crippen molar-refractivity contribution >= 4 is 38.5 Å². The minimum absolute atomic E-state index is 0.00438. The van der Waals surface area contributed by atoms with Gasteiger partial charge in [-0.2, -0.15) is 5.10 Å². The van der Waals surface area contributed by atoms with E-state index in [1.807, 2.05) is 73.5 Å². The van der Waals surface area contributed by atoms with Gasteiger partial charge in [-0.05, 0) is 38.0 Å². The summed E-state index contributed by atoms with van der Waals surface area (Å²) in [5.41, 5.74) is 4.98. The van der Waals surface area contributed by atoms with Crippen LogP contribution in [0.15, 0.2) is 60.7 Å². The number of likely N-dealkylation sites (tertiary alicyclic amines) is 1. The van der Waals surface area contributed by atoms with Crippen molar-refractivity contribution in [1.82, 2.24) is 24.6 Å². The number of aryl methyl sites for hydroxylation is 2. The SMILES string of the molecule is Cc1nn(C)c2nc(-c3ccccc3)cc(C(=O)N3CCC[C@H]3c3nc4ccccc4s3)c12. The van der Waals surface area contributed by atoms with E-state index >= 15 is 0 Å². The first-order valence-electron chi connectivity index (χ1n) is 11.2. The van der Waals surface area contributed by atoms with Crippen LogP contribution < -0.4 is 0 Å². The molecule has 1 saturated heterocycles. The molecule has 0 N–H and O–H groups in total. The topological polar surface area (TPSA) is 63.9 Å². The number of rotatable bonds is 3. The molecule has 33 heavy (non-hydrogen) atoms. The molecule has 5 aromatic rings. The van der Waals surface area contributed by atoms with E-state index in [2.05, 4.69) is 11.2 Å². The predicted molar refractivity (Wildman–Crippen MR) is 131 cm³/mol. The van der Waals surface area contributed by atoms with Crippen molar-refractivity contribution in [1.29, 1.82) is 0 Å². The van der Waals surface area contributed by atoms with E-state index in [9.17, 15) is 4.79 Å². The van der Waals surface area contributed by atoms with Crippen LogP contribution in [0.5, 0.6) is 0 Å². The molecule has 0 unspecified atom stereocenters. The molecular formula is C26H23N5OS. The van der Waals surface area contributed by atoms with Crippen molar-refractivity contribution in [2.45, 2.75) is 25.8 Å². The molecule has 4 heterocycles. The first-order chi connectivity index (χ1) is 16.1. The molecule has 1 atom stereocenters. The number of carbonyl (C=O) groups excluding carboxylic acids is 1. The summed E-state index contributed by atoms with van der Waals surface area (Å²) in [6.45, 7) is 2.67. The average Bonchev–Trinajstić information content (AvgIpc) is 3.56. The molecule has 1 fully saturated rings. The Morgan fingerprint density at radius 2 is 1.85 bits per heavy atom. The zero-order chi connectivity index (χ0) is 22.5. The summed E-state index contributed by atoms with van der Waals surface area (Å²) in [7, 11) is 1.88. The van der Waals surface area contributed by atoms with Crippen molar-refractivity contribution in [2.75, 3.05) is 6.54 Å². The summed E-state index contributed by atoms with van der Waals surface area (Å²) in [6.07, 6.45) is 1.90. The maximum Gasteiger partial charge on any atom is 0.255 e. The van der Waals surface area contributed by atoms with Gasteiger partial charge in [0.2, 0.25) is 0 Å². The number of benzene rings is 2. The summed E-state index contributed by atoms with van der Waals surface area (Å²) < 4.78 is 2.93. The molecule has 6 nitrogen and oxygen atoms in total. The largest absolute Gasteiger partial charge is 0.329 e. The standard InChI is InChI=1S/C26H23N5OS/c1-16-23-18(15-20(17-9-4-3-5-10-17)27-24(23)30(2)29-16)26(32)31-14-8-12-21(31)25-28-19-11-6-7-13-22(19)33-25/h3-7,9-11,13,15,21H,8,12,14H2,1-2H3/t21-/m0/s1. The maximum atomic E-state index is 14.0. The lowest BCUT2D eigenvalue weighted by Crippen LogP contribution is -2.30. The average molecular weight is 454 g/mol. The van der Waals surface area contributed by atoms with E-state index < -0.39 is 0 Å². The molecule has 0 bridgehead atoms. The number of amides is 1. The second-order valence-electron chi connectivity index (χ2n) is 8.51. The molecule has 1 aliphatic heterocycles. The molecule has 7 heteroatoms. The van der Waals surface area contributed by atoms with E-state index in [0.717, 1.165) is 62.6 Å². The highest BCUT2D eigenvalue weighted by Gasteiger charge is 2.34. The third kappa shape index (κ3) is 3.31. The van der Waals surface area contributed by atoms with Crippen LogP contribution in [0.1, 0.15) is 39.9 Å². The molecule has 0 spiro atoms. The van der Waals surface area contributed by atoms with Gasteiger partial charge >= 0.3 is 0 Å². The number of fused-ring (bicyclic) bond motifs is 2. The molecular weight excluding hydrogens is 430 g/mol. The van der Waals surface area contributed by atoms with E-state index in [1.54, 1.807) is 16.0 Å². The van der Waals surface area contributed by atoms with Crippen LogP contribution in [-0.2, 0) is 7.05 Å². The molecule has 6 rings (SSSR count). The van der Waals surface area contributed by atoms with Gasteiger partial charge in [0.1, 0.15) is 5.01 Å². The van der Waals surface area contributed by atoms with Gasteiger partial charge in [0.15, 0.2) is 5.65 Å². The summed E-state index contributed by atoms with van der Waals surface area (Å²) in [4.78, 5) is 25.8. The number of pyridine rings is 1. The van der Waals surface area contributed by atoms with E-state index in [1.165, 1.54) is 0 Å². The second-order valence-corrected chi connectivity index (χ2v) is 9.57. The van der Waals surface area contributed by atoms with Crippen molar-refractivity contribution in [3.05, 3.63) is 76.9 Å². The second kappa shape index (κ2) is 7.78. The van der Waals surface area contributed by atoms with Gasteiger partial charge in [-0.3, -0.25) is 9.48 Å². The molecule has 3 aromatic heterocycles. The number of carbonyl (C=O) groups is 1. The van der Waals surface area contributed by atoms with Gasteiger partial charge in [0.05, 0.1) is 38.6 Å². The third-order valence-corrected chi connectivity index (χ3v) is 7.52. The minimum atomic E-state index is -0.00438. The van der Waals surface area contributed by atoms with Crippen LogP contribution in [0.25, 0.3) is 32.5 Å². The highest BCUT2D eigenvalue weighted by molar-refractivity contribution is 7.18. The quantitative estimate of drug-likeness (QED) is 0.360. The van der Waals surface area contributed by atoms with Gasteiger partial charge in [0.25, 0.3) is 5.91 Å². The first kappa shape index (κ1) is 20.1. The Labute approximate surface area is 195 Å². The highest BCUT2D eigenvalue weighted by atomic mass is 32.1. The normalized spacial score (nSPS) is 16.2.